The van der Waals surface area contributed by atoms with Gasteiger partial charge in [-0.05, 0) is 54.8 Å². The molecule has 0 aliphatic carbocycles. The van der Waals surface area contributed by atoms with E-state index in [1.807, 2.05) is 0 Å². The summed E-state index contributed by atoms with van der Waals surface area (Å²) in [7, 11) is 0. The molecule has 5 nitrogen and oxygen atoms in total. The summed E-state index contributed by atoms with van der Waals surface area (Å²) in [5, 5.41) is 12.1. The fraction of sp³-hybridized carbons (Fsp3) is 0.130. The highest BCUT2D eigenvalue weighted by atomic mass is 19.4. The topological polar surface area (TPSA) is 82.2 Å². The number of nitrogens with one attached hydrogen (secondary N) is 2. The Labute approximate surface area is 175 Å². The normalized spacial score (nSPS) is 14.6. The van der Waals surface area contributed by atoms with E-state index in [1.54, 1.807) is 38.1 Å². The third-order valence-corrected chi connectivity index (χ3v) is 5.31. The number of aromatic amines is 1. The van der Waals surface area contributed by atoms with E-state index in [4.69, 9.17) is 0 Å². The molecule has 1 aliphatic rings. The molecule has 4 rings (SSSR count). The number of carbonyl (C=O) groups is 2. The first-order valence-corrected chi connectivity index (χ1v) is 9.34. The average Bonchev–Trinajstić information content (AvgIpc) is 3.16. The van der Waals surface area contributed by atoms with Gasteiger partial charge in [0.25, 0.3) is 5.91 Å². The highest BCUT2D eigenvalue weighted by molar-refractivity contribution is 6.36. The van der Waals surface area contributed by atoms with Crippen LogP contribution >= 0.6 is 0 Å². The number of benzene rings is 2. The number of halogens is 3. The number of amides is 1. The molecule has 1 aromatic heterocycles. The fourth-order valence-electron chi connectivity index (χ4n) is 3.87. The van der Waals surface area contributed by atoms with Crippen LogP contribution in [0, 0.1) is 13.8 Å². The van der Waals surface area contributed by atoms with Crippen molar-refractivity contribution in [1.29, 1.82) is 0 Å². The van der Waals surface area contributed by atoms with Gasteiger partial charge >= 0.3 is 12.1 Å². The van der Waals surface area contributed by atoms with Gasteiger partial charge in [0.2, 0.25) is 0 Å². The number of aromatic nitrogens is 1. The summed E-state index contributed by atoms with van der Waals surface area (Å²) in [6.07, 6.45) is -2.96. The summed E-state index contributed by atoms with van der Waals surface area (Å²) in [6.45, 7) is 3.25. The number of hydrogen-bond donors (Lipinski definition) is 3. The van der Waals surface area contributed by atoms with Gasteiger partial charge < -0.3 is 15.4 Å². The molecule has 31 heavy (non-hydrogen) atoms. The Bertz CT molecular complexity index is 1270. The fourth-order valence-corrected chi connectivity index (χ4v) is 3.87. The number of H-pyrrole nitrogens is 1. The van der Waals surface area contributed by atoms with Gasteiger partial charge in [-0.3, -0.25) is 4.79 Å². The zero-order chi connectivity index (χ0) is 22.5. The van der Waals surface area contributed by atoms with Crippen molar-refractivity contribution in [2.45, 2.75) is 20.0 Å². The molecule has 0 radical (unpaired) electrons. The zero-order valence-electron chi connectivity index (χ0n) is 16.5. The van der Waals surface area contributed by atoms with Crippen LogP contribution in [-0.4, -0.2) is 22.0 Å². The number of hydrogen-bond acceptors (Lipinski definition) is 2. The Morgan fingerprint density at radius 3 is 2.45 bits per heavy atom. The highest BCUT2D eigenvalue weighted by Crippen LogP contribution is 2.42. The van der Waals surface area contributed by atoms with Crippen molar-refractivity contribution in [3.05, 3.63) is 76.1 Å². The Morgan fingerprint density at radius 2 is 1.81 bits per heavy atom. The van der Waals surface area contributed by atoms with Crippen LogP contribution in [0.3, 0.4) is 0 Å². The number of aromatic carboxylic acids is 1. The van der Waals surface area contributed by atoms with Gasteiger partial charge in [-0.25, -0.2) is 4.79 Å². The van der Waals surface area contributed by atoms with E-state index < -0.39 is 23.6 Å². The van der Waals surface area contributed by atoms with Crippen molar-refractivity contribution < 1.29 is 27.9 Å². The first-order chi connectivity index (χ1) is 14.6. The molecule has 1 aliphatic heterocycles. The first kappa shape index (κ1) is 20.5. The van der Waals surface area contributed by atoms with Crippen LogP contribution in [0.4, 0.5) is 18.9 Å². The maximum Gasteiger partial charge on any atom is 0.416 e. The predicted molar refractivity (Wildman–Crippen MR) is 111 cm³/mol. The SMILES string of the molecule is Cc1[nH]c(C=C2C(=O)Nc3cccc(-c4cccc(C(F)(F)F)c4)c32)c(C)c1C(=O)O. The third-order valence-electron chi connectivity index (χ3n) is 5.31. The largest absolute Gasteiger partial charge is 0.478 e. The second-order valence-electron chi connectivity index (χ2n) is 7.29. The van der Waals surface area contributed by atoms with Gasteiger partial charge in [0.15, 0.2) is 0 Å². The van der Waals surface area contributed by atoms with Crippen LogP contribution < -0.4 is 5.32 Å². The molecule has 0 unspecified atom stereocenters. The molecule has 2 aromatic carbocycles. The molecular weight excluding hydrogens is 409 g/mol. The van der Waals surface area contributed by atoms with Crippen LogP contribution in [0.2, 0.25) is 0 Å². The van der Waals surface area contributed by atoms with Crippen molar-refractivity contribution in [1.82, 2.24) is 4.98 Å². The van der Waals surface area contributed by atoms with Crippen molar-refractivity contribution in [3.8, 4) is 11.1 Å². The molecule has 0 saturated heterocycles. The molecule has 8 heteroatoms. The molecule has 2 heterocycles. The van der Waals surface area contributed by atoms with Gasteiger partial charge in [-0.15, -0.1) is 0 Å². The second kappa shape index (κ2) is 7.16. The zero-order valence-corrected chi connectivity index (χ0v) is 16.5. The molecule has 3 aromatic rings. The molecule has 0 spiro atoms. The summed E-state index contributed by atoms with van der Waals surface area (Å²) >= 11 is 0. The summed E-state index contributed by atoms with van der Waals surface area (Å²) in [4.78, 5) is 27.2. The van der Waals surface area contributed by atoms with E-state index in [9.17, 15) is 27.9 Å². The molecular formula is C23H17F3N2O3. The first-order valence-electron chi connectivity index (χ1n) is 9.34. The number of carbonyl (C=O) groups excluding carboxylic acids is 1. The number of carboxylic acids is 1. The van der Waals surface area contributed by atoms with Gasteiger partial charge in [0.1, 0.15) is 0 Å². The van der Waals surface area contributed by atoms with E-state index in [0.29, 0.717) is 39.3 Å². The Balaban J connectivity index is 1.90. The quantitative estimate of drug-likeness (QED) is 0.483. The number of fused-ring (bicyclic) bond motifs is 1. The minimum Gasteiger partial charge on any atom is -0.478 e. The molecule has 0 fully saturated rings. The van der Waals surface area contributed by atoms with Crippen molar-refractivity contribution in [2.75, 3.05) is 5.32 Å². The number of anilines is 1. The Hall–Kier alpha value is -3.81. The minimum atomic E-state index is -4.49. The molecule has 158 valence electrons. The van der Waals surface area contributed by atoms with E-state index >= 15 is 0 Å². The second-order valence-corrected chi connectivity index (χ2v) is 7.29. The number of aryl methyl sites for hydroxylation is 1. The van der Waals surface area contributed by atoms with Gasteiger partial charge in [0.05, 0.1) is 16.7 Å². The molecule has 3 N–H and O–H groups in total. The van der Waals surface area contributed by atoms with E-state index in [2.05, 4.69) is 10.3 Å². The Morgan fingerprint density at radius 1 is 1.10 bits per heavy atom. The van der Waals surface area contributed by atoms with Crippen molar-refractivity contribution in [3.63, 3.8) is 0 Å². The summed E-state index contributed by atoms with van der Waals surface area (Å²) in [5.41, 5.74) is 2.67. The third kappa shape index (κ3) is 3.50. The molecule has 1 amide bonds. The molecule has 0 bridgehead atoms. The van der Waals surface area contributed by atoms with Crippen LogP contribution in [0.25, 0.3) is 22.8 Å². The smallest absolute Gasteiger partial charge is 0.416 e. The lowest BCUT2D eigenvalue weighted by Crippen LogP contribution is -2.04. The van der Waals surface area contributed by atoms with Crippen LogP contribution in [0.5, 0.6) is 0 Å². The standard InChI is InChI=1S/C23H17F3N2O3/c1-11-18(27-12(2)19(11)22(30)31)10-16-20-15(7-4-8-17(20)28-21(16)29)13-5-3-6-14(9-13)23(24,25)26/h3-10,27H,1-2H3,(H,28,29)(H,30,31). The van der Waals surface area contributed by atoms with E-state index in [0.717, 1.165) is 12.1 Å². The lowest BCUT2D eigenvalue weighted by Gasteiger charge is -2.12. The van der Waals surface area contributed by atoms with Crippen LogP contribution in [-0.2, 0) is 11.0 Å². The summed E-state index contributed by atoms with van der Waals surface area (Å²) < 4.78 is 39.6. The van der Waals surface area contributed by atoms with Crippen LogP contribution in [0.1, 0.15) is 38.4 Å². The monoisotopic (exact) mass is 426 g/mol. The number of carboxylic acid groups (broad SMARTS) is 1. The van der Waals surface area contributed by atoms with Crippen molar-refractivity contribution in [2.24, 2.45) is 0 Å². The molecule has 0 atom stereocenters. The van der Waals surface area contributed by atoms with E-state index in [-0.39, 0.29) is 11.1 Å². The van der Waals surface area contributed by atoms with E-state index in [1.165, 1.54) is 12.1 Å². The van der Waals surface area contributed by atoms with Gasteiger partial charge in [-0.1, -0.05) is 24.3 Å². The minimum absolute atomic E-state index is 0.122. The lowest BCUT2D eigenvalue weighted by atomic mass is 9.93. The Kier molecular flexibility index (Phi) is 4.72. The summed E-state index contributed by atoms with van der Waals surface area (Å²) in [5.74, 6) is -1.50. The lowest BCUT2D eigenvalue weighted by molar-refractivity contribution is -0.137. The summed E-state index contributed by atoms with van der Waals surface area (Å²) in [6, 6.07) is 9.89. The average molecular weight is 426 g/mol. The number of alkyl halides is 3. The highest BCUT2D eigenvalue weighted by Gasteiger charge is 2.32. The van der Waals surface area contributed by atoms with Crippen molar-refractivity contribution >= 4 is 29.2 Å². The maximum atomic E-state index is 13.2. The maximum absolute atomic E-state index is 13.2. The van der Waals surface area contributed by atoms with Gasteiger partial charge in [-0.2, -0.15) is 13.2 Å². The van der Waals surface area contributed by atoms with Gasteiger partial charge in [0, 0.05) is 22.6 Å². The predicted octanol–water partition coefficient (Wildman–Crippen LogP) is 5.51. The number of rotatable bonds is 3. The molecule has 0 saturated carbocycles. The van der Waals surface area contributed by atoms with Crippen LogP contribution in [0.15, 0.2) is 42.5 Å².